The molecular formula is C22H23N5O6S. The Hall–Kier alpha value is -3.64. The highest BCUT2D eigenvalue weighted by Crippen LogP contribution is 2.25. The lowest BCUT2D eigenvalue weighted by molar-refractivity contribution is -0.384. The summed E-state index contributed by atoms with van der Waals surface area (Å²) < 4.78 is 28.5. The molecule has 178 valence electrons. The Balaban J connectivity index is 1.55. The molecule has 0 unspecified atom stereocenters. The Morgan fingerprint density at radius 3 is 2.59 bits per heavy atom. The second-order valence-corrected chi connectivity index (χ2v) is 10.1. The summed E-state index contributed by atoms with van der Waals surface area (Å²) in [6.45, 7) is 2.32. The van der Waals surface area contributed by atoms with Crippen LogP contribution in [0.25, 0.3) is 10.9 Å². The third-order valence-corrected chi connectivity index (χ3v) is 7.66. The van der Waals surface area contributed by atoms with Crippen molar-refractivity contribution in [1.82, 2.24) is 13.9 Å². The van der Waals surface area contributed by atoms with E-state index in [9.17, 15) is 28.1 Å². The minimum atomic E-state index is -3.67. The van der Waals surface area contributed by atoms with E-state index in [1.807, 2.05) is 0 Å². The predicted octanol–water partition coefficient (Wildman–Crippen LogP) is 2.43. The van der Waals surface area contributed by atoms with Crippen LogP contribution in [-0.2, 0) is 21.4 Å². The standard InChI is InChI=1S/C22H23N5O6S/c1-15-5-7-17(34(32,33)26-9-3-2-4-10-26)12-19(15)24-21(28)13-25-14-23-20-11-16(27(30)31)6-8-18(20)22(25)29/h5-8,11-12,14H,2-4,9-10,13H2,1H3,(H,24,28). The molecule has 1 aliphatic rings. The maximum atomic E-state index is 13.0. The van der Waals surface area contributed by atoms with E-state index in [0.29, 0.717) is 24.3 Å². The van der Waals surface area contributed by atoms with E-state index < -0.39 is 26.4 Å². The van der Waals surface area contributed by atoms with Crippen molar-refractivity contribution in [3.05, 3.63) is 68.8 Å². The summed E-state index contributed by atoms with van der Waals surface area (Å²) in [4.78, 5) is 39.9. The number of nitrogens with one attached hydrogen (secondary N) is 1. The smallest absolute Gasteiger partial charge is 0.271 e. The Morgan fingerprint density at radius 2 is 1.88 bits per heavy atom. The monoisotopic (exact) mass is 485 g/mol. The molecule has 1 N–H and O–H groups in total. The number of rotatable bonds is 6. The molecule has 34 heavy (non-hydrogen) atoms. The quantitative estimate of drug-likeness (QED) is 0.417. The molecule has 2 aromatic carbocycles. The van der Waals surface area contributed by atoms with Crippen LogP contribution in [0.3, 0.4) is 0 Å². The molecule has 3 aromatic rings. The van der Waals surface area contributed by atoms with E-state index in [4.69, 9.17) is 0 Å². The lowest BCUT2D eigenvalue weighted by atomic mass is 10.2. The maximum Gasteiger partial charge on any atom is 0.271 e. The largest absolute Gasteiger partial charge is 0.324 e. The number of amides is 1. The zero-order valence-corrected chi connectivity index (χ0v) is 19.2. The molecule has 0 spiro atoms. The highest BCUT2D eigenvalue weighted by molar-refractivity contribution is 7.89. The number of aromatic nitrogens is 2. The van der Waals surface area contributed by atoms with Gasteiger partial charge in [-0.15, -0.1) is 0 Å². The fourth-order valence-corrected chi connectivity index (χ4v) is 5.41. The Morgan fingerprint density at radius 1 is 1.15 bits per heavy atom. The van der Waals surface area contributed by atoms with Crippen molar-refractivity contribution < 1.29 is 18.1 Å². The van der Waals surface area contributed by atoms with Crippen molar-refractivity contribution >= 4 is 38.2 Å². The first-order valence-electron chi connectivity index (χ1n) is 10.7. The van der Waals surface area contributed by atoms with Gasteiger partial charge in [0, 0.05) is 30.9 Å². The number of sulfonamides is 1. The number of fused-ring (bicyclic) bond motifs is 1. The van der Waals surface area contributed by atoms with Crippen LogP contribution < -0.4 is 10.9 Å². The zero-order valence-electron chi connectivity index (χ0n) is 18.4. The number of carbonyl (C=O) groups is 1. The number of carbonyl (C=O) groups excluding carboxylic acids is 1. The number of nitrogens with zero attached hydrogens (tertiary/aromatic N) is 4. The zero-order chi connectivity index (χ0) is 24.5. The Bertz CT molecular complexity index is 1440. The Labute approximate surface area is 195 Å². The number of hydrogen-bond acceptors (Lipinski definition) is 7. The first-order chi connectivity index (χ1) is 16.2. The van der Waals surface area contributed by atoms with Crippen molar-refractivity contribution in [3.8, 4) is 0 Å². The number of aryl methyl sites for hydroxylation is 1. The fraction of sp³-hybridized carbons (Fsp3) is 0.318. The van der Waals surface area contributed by atoms with E-state index in [0.717, 1.165) is 30.2 Å². The second kappa shape index (κ2) is 9.31. The summed E-state index contributed by atoms with van der Waals surface area (Å²) in [6.07, 6.45) is 3.78. The van der Waals surface area contributed by atoms with Gasteiger partial charge in [0.25, 0.3) is 11.2 Å². The van der Waals surface area contributed by atoms with E-state index in [1.165, 1.54) is 34.6 Å². The van der Waals surface area contributed by atoms with Gasteiger partial charge >= 0.3 is 0 Å². The molecule has 0 radical (unpaired) electrons. The number of benzene rings is 2. The number of anilines is 1. The molecule has 1 aliphatic heterocycles. The number of nitro benzene ring substituents is 1. The van der Waals surface area contributed by atoms with Gasteiger partial charge in [0.05, 0.1) is 27.0 Å². The molecule has 0 bridgehead atoms. The highest BCUT2D eigenvalue weighted by atomic mass is 32.2. The molecule has 1 amide bonds. The molecule has 1 fully saturated rings. The molecule has 2 heterocycles. The molecular weight excluding hydrogens is 462 g/mol. The molecule has 11 nitrogen and oxygen atoms in total. The molecule has 0 aliphatic carbocycles. The minimum absolute atomic E-state index is 0.0985. The highest BCUT2D eigenvalue weighted by Gasteiger charge is 2.26. The van der Waals surface area contributed by atoms with Crippen molar-refractivity contribution in [2.75, 3.05) is 18.4 Å². The lowest BCUT2D eigenvalue weighted by Crippen LogP contribution is -2.35. The van der Waals surface area contributed by atoms with Crippen molar-refractivity contribution in [2.24, 2.45) is 0 Å². The van der Waals surface area contributed by atoms with Crippen LogP contribution in [0.5, 0.6) is 0 Å². The number of non-ortho nitro benzene ring substituents is 1. The van der Waals surface area contributed by atoms with Gasteiger partial charge in [-0.3, -0.25) is 24.3 Å². The van der Waals surface area contributed by atoms with Gasteiger partial charge in [-0.25, -0.2) is 13.4 Å². The van der Waals surface area contributed by atoms with Crippen LogP contribution in [0, 0.1) is 17.0 Å². The fourth-order valence-electron chi connectivity index (χ4n) is 3.87. The first kappa shape index (κ1) is 23.5. The van der Waals surface area contributed by atoms with Gasteiger partial charge in [-0.1, -0.05) is 12.5 Å². The van der Waals surface area contributed by atoms with Gasteiger partial charge < -0.3 is 5.32 Å². The summed E-state index contributed by atoms with van der Waals surface area (Å²) in [6, 6.07) is 8.27. The summed E-state index contributed by atoms with van der Waals surface area (Å²) >= 11 is 0. The van der Waals surface area contributed by atoms with E-state index in [2.05, 4.69) is 10.3 Å². The first-order valence-corrected chi connectivity index (χ1v) is 12.1. The third-order valence-electron chi connectivity index (χ3n) is 5.77. The van der Waals surface area contributed by atoms with E-state index in [-0.39, 0.29) is 28.0 Å². The summed E-state index contributed by atoms with van der Waals surface area (Å²) in [7, 11) is -3.67. The Kier molecular flexibility index (Phi) is 6.44. The normalized spacial score (nSPS) is 14.7. The lowest BCUT2D eigenvalue weighted by Gasteiger charge is -2.26. The van der Waals surface area contributed by atoms with Crippen LogP contribution in [0.15, 0.2) is 52.4 Å². The van der Waals surface area contributed by atoms with Crippen molar-refractivity contribution in [1.29, 1.82) is 0 Å². The second-order valence-electron chi connectivity index (χ2n) is 8.13. The van der Waals surface area contributed by atoms with Gasteiger partial charge in [0.2, 0.25) is 15.9 Å². The van der Waals surface area contributed by atoms with Crippen molar-refractivity contribution in [2.45, 2.75) is 37.6 Å². The van der Waals surface area contributed by atoms with Crippen LogP contribution in [-0.4, -0.2) is 46.2 Å². The average molecular weight is 486 g/mol. The number of nitro groups is 1. The summed E-state index contributed by atoms with van der Waals surface area (Å²) in [5.74, 6) is -0.541. The number of piperidine rings is 1. The summed E-state index contributed by atoms with van der Waals surface area (Å²) in [5.41, 5.74) is 0.447. The van der Waals surface area contributed by atoms with Crippen molar-refractivity contribution in [3.63, 3.8) is 0 Å². The van der Waals surface area contributed by atoms with Gasteiger partial charge in [0.1, 0.15) is 6.54 Å². The molecule has 1 saturated heterocycles. The summed E-state index contributed by atoms with van der Waals surface area (Å²) in [5, 5.41) is 13.7. The number of hydrogen-bond donors (Lipinski definition) is 1. The van der Waals surface area contributed by atoms with Crippen LogP contribution in [0.1, 0.15) is 24.8 Å². The van der Waals surface area contributed by atoms with Crippen LogP contribution in [0.4, 0.5) is 11.4 Å². The minimum Gasteiger partial charge on any atom is -0.324 e. The molecule has 12 heteroatoms. The van der Waals surface area contributed by atoms with Gasteiger partial charge in [-0.05, 0) is 43.5 Å². The van der Waals surface area contributed by atoms with Crippen LogP contribution >= 0.6 is 0 Å². The SMILES string of the molecule is Cc1ccc(S(=O)(=O)N2CCCCC2)cc1NC(=O)Cn1cnc2cc([N+](=O)[O-])ccc2c1=O. The average Bonchev–Trinajstić information content (AvgIpc) is 2.82. The van der Waals surface area contributed by atoms with E-state index >= 15 is 0 Å². The predicted molar refractivity (Wildman–Crippen MR) is 125 cm³/mol. The van der Waals surface area contributed by atoms with Gasteiger partial charge in [0.15, 0.2) is 0 Å². The topological polar surface area (TPSA) is 145 Å². The molecule has 1 aromatic heterocycles. The van der Waals surface area contributed by atoms with Gasteiger partial charge in [-0.2, -0.15) is 4.31 Å². The molecule has 0 atom stereocenters. The molecule has 0 saturated carbocycles. The molecule has 4 rings (SSSR count). The maximum absolute atomic E-state index is 13.0. The van der Waals surface area contributed by atoms with Crippen LogP contribution in [0.2, 0.25) is 0 Å². The third kappa shape index (κ3) is 4.68. The van der Waals surface area contributed by atoms with E-state index in [1.54, 1.807) is 13.0 Å².